The maximum Gasteiger partial charge on any atom is 0.258 e. The molecule has 1 heterocycles. The third kappa shape index (κ3) is 4.01. The van der Waals surface area contributed by atoms with Crippen molar-refractivity contribution in [3.05, 3.63) is 71.8 Å². The molecular weight excluding hydrogens is 410 g/mol. The Bertz CT molecular complexity index is 962. The third-order valence-corrected chi connectivity index (χ3v) is 8.72. The number of nitrogens with zero attached hydrogens (tertiary/aromatic N) is 1. The van der Waals surface area contributed by atoms with Crippen molar-refractivity contribution in [3.63, 3.8) is 0 Å². The van der Waals surface area contributed by atoms with Gasteiger partial charge in [-0.3, -0.25) is 9.69 Å². The Hall–Kier alpha value is -2.21. The molecule has 2 aliphatic carbocycles. The van der Waals surface area contributed by atoms with Crippen LogP contribution in [0.3, 0.4) is 0 Å². The number of likely N-dealkylation sites (tertiary alicyclic amines) is 1. The highest BCUT2D eigenvalue weighted by molar-refractivity contribution is 5.87. The molecule has 2 aromatic rings. The number of benzene rings is 2. The van der Waals surface area contributed by atoms with E-state index in [9.17, 15) is 9.90 Å². The van der Waals surface area contributed by atoms with E-state index in [1.54, 1.807) is 0 Å². The van der Waals surface area contributed by atoms with Crippen molar-refractivity contribution in [1.82, 2.24) is 10.2 Å². The Morgan fingerprint density at radius 2 is 1.73 bits per heavy atom. The molecule has 0 radical (unpaired) electrons. The van der Waals surface area contributed by atoms with Crippen LogP contribution in [0.2, 0.25) is 0 Å². The average molecular weight is 448 g/mol. The maximum absolute atomic E-state index is 13.7. The van der Waals surface area contributed by atoms with Crippen molar-refractivity contribution >= 4 is 5.91 Å². The van der Waals surface area contributed by atoms with Crippen molar-refractivity contribution in [2.45, 2.75) is 63.3 Å². The Labute approximate surface area is 197 Å². The second-order valence-corrected chi connectivity index (χ2v) is 10.6. The van der Waals surface area contributed by atoms with E-state index in [1.165, 1.54) is 12.0 Å². The van der Waals surface area contributed by atoms with Crippen LogP contribution in [-0.2, 0) is 10.4 Å². The molecule has 5 heteroatoms. The fourth-order valence-electron chi connectivity index (χ4n) is 6.44. The maximum atomic E-state index is 13.7. The first-order valence-electron chi connectivity index (χ1n) is 12.6. The molecule has 5 rings (SSSR count). The van der Waals surface area contributed by atoms with Gasteiger partial charge in [-0.05, 0) is 43.2 Å². The number of rotatable bonds is 7. The van der Waals surface area contributed by atoms with E-state index in [2.05, 4.69) is 41.4 Å². The molecule has 3 fully saturated rings. The summed E-state index contributed by atoms with van der Waals surface area (Å²) in [5.74, 6) is 0.0904. The van der Waals surface area contributed by atoms with Crippen molar-refractivity contribution in [2.24, 2.45) is 23.0 Å². The lowest BCUT2D eigenvalue weighted by Gasteiger charge is -2.39. The van der Waals surface area contributed by atoms with Gasteiger partial charge < -0.3 is 16.2 Å². The van der Waals surface area contributed by atoms with Crippen molar-refractivity contribution in [3.8, 4) is 0 Å². The summed E-state index contributed by atoms with van der Waals surface area (Å²) in [5.41, 5.74) is 7.05. The summed E-state index contributed by atoms with van der Waals surface area (Å²) < 4.78 is 0. The highest BCUT2D eigenvalue weighted by atomic mass is 16.3. The fraction of sp³-hybridized carbons (Fsp3) is 0.536. The standard InChI is InChI=1S/C28H37N3O2/c1-20(21-11-5-2-6-12-21)31-18-24-17-27(24,19-31)25(29)30-26(32)28(33,22-13-7-3-8-14-22)23-15-9-4-10-16-23/h2-3,5-8,11-14,20,23-25,33H,4,9-10,15-19,29H2,1H3,(H,30,32). The molecule has 5 unspecified atom stereocenters. The summed E-state index contributed by atoms with van der Waals surface area (Å²) in [4.78, 5) is 16.2. The first-order valence-corrected chi connectivity index (χ1v) is 12.6. The van der Waals surface area contributed by atoms with Crippen LogP contribution in [0.1, 0.15) is 62.6 Å². The third-order valence-electron chi connectivity index (χ3n) is 8.72. The Morgan fingerprint density at radius 3 is 2.39 bits per heavy atom. The Morgan fingerprint density at radius 1 is 1.09 bits per heavy atom. The topological polar surface area (TPSA) is 78.6 Å². The number of aliphatic hydroxyl groups is 1. The molecule has 1 amide bonds. The number of carbonyl (C=O) groups excluding carboxylic acids is 1. The number of carbonyl (C=O) groups is 1. The minimum Gasteiger partial charge on any atom is -0.375 e. The van der Waals surface area contributed by atoms with Crippen LogP contribution in [-0.4, -0.2) is 35.2 Å². The van der Waals surface area contributed by atoms with Gasteiger partial charge in [0.25, 0.3) is 5.91 Å². The van der Waals surface area contributed by atoms with Gasteiger partial charge in [0, 0.05) is 30.5 Å². The summed E-state index contributed by atoms with van der Waals surface area (Å²) in [5, 5.41) is 15.0. The van der Waals surface area contributed by atoms with E-state index in [1.807, 2.05) is 36.4 Å². The summed E-state index contributed by atoms with van der Waals surface area (Å²) in [7, 11) is 0. The molecule has 1 saturated heterocycles. The van der Waals surface area contributed by atoms with Gasteiger partial charge in [0.1, 0.15) is 0 Å². The molecule has 176 valence electrons. The highest BCUT2D eigenvalue weighted by Crippen LogP contribution is 2.60. The number of nitrogens with two attached hydrogens (primary N) is 1. The first kappa shape index (κ1) is 22.6. The van der Waals surface area contributed by atoms with E-state index in [0.717, 1.165) is 45.2 Å². The smallest absolute Gasteiger partial charge is 0.258 e. The van der Waals surface area contributed by atoms with Gasteiger partial charge in [-0.25, -0.2) is 0 Å². The molecule has 0 aromatic heterocycles. The predicted molar refractivity (Wildman–Crippen MR) is 130 cm³/mol. The van der Waals surface area contributed by atoms with E-state index in [4.69, 9.17) is 5.73 Å². The number of hydrogen-bond donors (Lipinski definition) is 3. The number of hydrogen-bond acceptors (Lipinski definition) is 4. The molecule has 0 bridgehead atoms. The van der Waals surface area contributed by atoms with E-state index in [0.29, 0.717) is 17.5 Å². The molecule has 2 saturated carbocycles. The molecule has 4 N–H and O–H groups in total. The summed E-state index contributed by atoms with van der Waals surface area (Å²) in [6, 6.07) is 20.3. The lowest BCUT2D eigenvalue weighted by atomic mass is 9.72. The van der Waals surface area contributed by atoms with Gasteiger partial charge in [0.2, 0.25) is 0 Å². The molecule has 33 heavy (non-hydrogen) atoms. The molecule has 5 nitrogen and oxygen atoms in total. The van der Waals surface area contributed by atoms with Gasteiger partial charge >= 0.3 is 0 Å². The lowest BCUT2D eigenvalue weighted by molar-refractivity contribution is -0.150. The Kier molecular flexibility index (Phi) is 6.06. The van der Waals surface area contributed by atoms with Gasteiger partial charge in [0.15, 0.2) is 5.60 Å². The monoisotopic (exact) mass is 447 g/mol. The van der Waals surface area contributed by atoms with E-state index < -0.39 is 11.8 Å². The molecule has 5 atom stereocenters. The quantitative estimate of drug-likeness (QED) is 0.562. The van der Waals surface area contributed by atoms with E-state index >= 15 is 0 Å². The highest BCUT2D eigenvalue weighted by Gasteiger charge is 2.64. The zero-order chi connectivity index (χ0) is 23.1. The minimum atomic E-state index is -1.53. The van der Waals surface area contributed by atoms with Crippen molar-refractivity contribution < 1.29 is 9.90 Å². The largest absolute Gasteiger partial charge is 0.375 e. The average Bonchev–Trinajstić information content (AvgIpc) is 3.45. The van der Waals surface area contributed by atoms with Crippen LogP contribution < -0.4 is 11.1 Å². The van der Waals surface area contributed by atoms with Crippen LogP contribution in [0.25, 0.3) is 0 Å². The molecular formula is C28H37N3O2. The van der Waals surface area contributed by atoms with Crippen LogP contribution in [0.4, 0.5) is 0 Å². The summed E-state index contributed by atoms with van der Waals surface area (Å²) in [6.07, 6.45) is 5.59. The van der Waals surface area contributed by atoms with Gasteiger partial charge in [-0.2, -0.15) is 0 Å². The normalized spacial score (nSPS) is 29.0. The Balaban J connectivity index is 1.31. The predicted octanol–water partition coefficient (Wildman–Crippen LogP) is 3.94. The second-order valence-electron chi connectivity index (χ2n) is 10.6. The zero-order valence-corrected chi connectivity index (χ0v) is 19.6. The van der Waals surface area contributed by atoms with Gasteiger partial charge in [-0.1, -0.05) is 79.9 Å². The van der Waals surface area contributed by atoms with Crippen molar-refractivity contribution in [2.75, 3.05) is 13.1 Å². The van der Waals surface area contributed by atoms with Crippen LogP contribution in [0.15, 0.2) is 60.7 Å². The van der Waals surface area contributed by atoms with Crippen LogP contribution >= 0.6 is 0 Å². The van der Waals surface area contributed by atoms with Crippen LogP contribution in [0.5, 0.6) is 0 Å². The molecule has 2 aromatic carbocycles. The van der Waals surface area contributed by atoms with Crippen molar-refractivity contribution in [1.29, 1.82) is 0 Å². The number of amides is 1. The minimum absolute atomic E-state index is 0.0773. The van der Waals surface area contributed by atoms with Crippen LogP contribution in [0, 0.1) is 17.3 Å². The number of piperidine rings is 1. The first-order chi connectivity index (χ1) is 15.9. The second kappa shape index (κ2) is 8.86. The molecule has 1 aliphatic heterocycles. The molecule has 3 aliphatic rings. The lowest BCUT2D eigenvalue weighted by Crippen LogP contribution is -2.58. The fourth-order valence-corrected chi connectivity index (χ4v) is 6.44. The number of fused-ring (bicyclic) bond motifs is 1. The van der Waals surface area contributed by atoms with E-state index in [-0.39, 0.29) is 17.2 Å². The SMILES string of the molecule is CC(c1ccccc1)N1CC2CC2(C(N)NC(=O)C(O)(c2ccccc2)C2CCCCC2)C1. The zero-order valence-electron chi connectivity index (χ0n) is 19.6. The van der Waals surface area contributed by atoms with Gasteiger partial charge in [-0.15, -0.1) is 0 Å². The summed E-state index contributed by atoms with van der Waals surface area (Å²) >= 11 is 0. The molecule has 0 spiro atoms. The number of nitrogens with one attached hydrogen (secondary N) is 1. The summed E-state index contributed by atoms with van der Waals surface area (Å²) in [6.45, 7) is 4.13. The van der Waals surface area contributed by atoms with Gasteiger partial charge in [0.05, 0.1) is 6.17 Å².